The van der Waals surface area contributed by atoms with Crippen molar-refractivity contribution in [3.8, 4) is 0 Å². The van der Waals surface area contributed by atoms with E-state index in [0.717, 1.165) is 18.7 Å². The molecule has 0 amide bonds. The minimum absolute atomic E-state index is 0.218. The second-order valence-electron chi connectivity index (χ2n) is 4.66. The summed E-state index contributed by atoms with van der Waals surface area (Å²) in [5, 5.41) is 3.20. The highest BCUT2D eigenvalue weighted by molar-refractivity contribution is 5.28. The maximum absolute atomic E-state index is 5.58. The molecule has 5 nitrogen and oxygen atoms in total. The fourth-order valence-corrected chi connectivity index (χ4v) is 2.31. The van der Waals surface area contributed by atoms with Crippen molar-refractivity contribution in [2.75, 3.05) is 11.9 Å². The van der Waals surface area contributed by atoms with E-state index in [0.29, 0.717) is 5.95 Å². The molecule has 21 heavy (non-hydrogen) atoms. The maximum atomic E-state index is 5.58. The number of hydrogen-bond acceptors (Lipinski definition) is 5. The molecule has 5 heteroatoms. The molecule has 0 aliphatic rings. The summed E-state index contributed by atoms with van der Waals surface area (Å²) >= 11 is 0. The molecule has 1 N–H and O–H groups in total. The number of rotatable bonds is 6. The van der Waals surface area contributed by atoms with Crippen LogP contribution in [0.5, 0.6) is 0 Å². The van der Waals surface area contributed by atoms with Crippen LogP contribution < -0.4 is 5.32 Å². The number of hydrogen-bond donors (Lipinski definition) is 1. The molecule has 0 saturated heterocycles. The Hall–Kier alpha value is -2.69. The normalized spacial score (nSPS) is 12.0. The first-order valence-corrected chi connectivity index (χ1v) is 6.88. The van der Waals surface area contributed by atoms with Crippen LogP contribution >= 0.6 is 0 Å². The summed E-state index contributed by atoms with van der Waals surface area (Å²) in [6.07, 6.45) is 5.57. The van der Waals surface area contributed by atoms with E-state index in [4.69, 9.17) is 4.42 Å². The van der Waals surface area contributed by atoms with Gasteiger partial charge in [0.05, 0.1) is 6.26 Å². The van der Waals surface area contributed by atoms with Crippen molar-refractivity contribution in [2.24, 2.45) is 0 Å². The second kappa shape index (κ2) is 6.65. The van der Waals surface area contributed by atoms with Gasteiger partial charge in [-0.25, -0.2) is 15.0 Å². The van der Waals surface area contributed by atoms with E-state index in [1.807, 2.05) is 30.3 Å². The van der Waals surface area contributed by atoms with E-state index in [1.165, 1.54) is 18.2 Å². The Morgan fingerprint density at radius 1 is 1.00 bits per heavy atom. The average Bonchev–Trinajstić information content (AvgIpc) is 3.07. The Balaban J connectivity index is 1.69. The topological polar surface area (TPSA) is 63.8 Å². The summed E-state index contributed by atoms with van der Waals surface area (Å²) in [6, 6.07) is 14.3. The third-order valence-corrected chi connectivity index (χ3v) is 3.30. The number of furan rings is 1. The molecule has 0 spiro atoms. The van der Waals surface area contributed by atoms with Crippen molar-refractivity contribution in [2.45, 2.75) is 12.3 Å². The van der Waals surface area contributed by atoms with E-state index in [1.54, 1.807) is 6.26 Å². The van der Waals surface area contributed by atoms with E-state index >= 15 is 0 Å². The van der Waals surface area contributed by atoms with Gasteiger partial charge in [-0.05, 0) is 24.1 Å². The SMILES string of the molecule is c1ccc(C(CCNc2ncncn2)c2ccco2)cc1. The summed E-state index contributed by atoms with van der Waals surface area (Å²) in [6.45, 7) is 0.754. The summed E-state index contributed by atoms with van der Waals surface area (Å²) < 4.78 is 5.58. The van der Waals surface area contributed by atoms with Gasteiger partial charge >= 0.3 is 0 Å². The summed E-state index contributed by atoms with van der Waals surface area (Å²) in [4.78, 5) is 11.9. The Kier molecular flexibility index (Phi) is 4.21. The molecule has 0 fully saturated rings. The lowest BCUT2D eigenvalue weighted by atomic mass is 9.93. The molecular weight excluding hydrogens is 264 g/mol. The summed E-state index contributed by atoms with van der Waals surface area (Å²) in [5.74, 6) is 1.78. The molecule has 3 rings (SSSR count). The minimum Gasteiger partial charge on any atom is -0.469 e. The van der Waals surface area contributed by atoms with Crippen molar-refractivity contribution in [3.63, 3.8) is 0 Å². The predicted octanol–water partition coefficient (Wildman–Crippen LogP) is 3.10. The molecule has 1 atom stereocenters. The molecule has 0 radical (unpaired) electrons. The molecule has 0 aliphatic heterocycles. The number of benzene rings is 1. The van der Waals surface area contributed by atoms with Crippen LogP contribution in [0.3, 0.4) is 0 Å². The molecule has 106 valence electrons. The van der Waals surface area contributed by atoms with Gasteiger partial charge in [0, 0.05) is 12.5 Å². The Labute approximate surface area is 123 Å². The zero-order valence-electron chi connectivity index (χ0n) is 11.5. The van der Waals surface area contributed by atoms with Gasteiger partial charge in [-0.3, -0.25) is 0 Å². The molecule has 0 saturated carbocycles. The molecule has 1 unspecified atom stereocenters. The van der Waals surface area contributed by atoms with Crippen molar-refractivity contribution in [1.82, 2.24) is 15.0 Å². The van der Waals surface area contributed by atoms with Gasteiger partial charge in [-0.15, -0.1) is 0 Å². The van der Waals surface area contributed by atoms with E-state index in [9.17, 15) is 0 Å². The van der Waals surface area contributed by atoms with Crippen LogP contribution in [0.2, 0.25) is 0 Å². The van der Waals surface area contributed by atoms with Crippen molar-refractivity contribution >= 4 is 5.95 Å². The van der Waals surface area contributed by atoms with Gasteiger partial charge in [-0.2, -0.15) is 0 Å². The van der Waals surface area contributed by atoms with Crippen LogP contribution in [0, 0.1) is 0 Å². The van der Waals surface area contributed by atoms with Crippen LogP contribution in [0.4, 0.5) is 5.95 Å². The Bertz CT molecular complexity index is 641. The van der Waals surface area contributed by atoms with Gasteiger partial charge in [0.25, 0.3) is 0 Å². The van der Waals surface area contributed by atoms with E-state index in [2.05, 4.69) is 32.4 Å². The van der Waals surface area contributed by atoms with Gasteiger partial charge in [0.1, 0.15) is 18.4 Å². The monoisotopic (exact) mass is 280 g/mol. The molecule has 0 aliphatic carbocycles. The Morgan fingerprint density at radius 2 is 1.81 bits per heavy atom. The highest BCUT2D eigenvalue weighted by atomic mass is 16.3. The number of anilines is 1. The van der Waals surface area contributed by atoms with Gasteiger partial charge < -0.3 is 9.73 Å². The molecule has 3 aromatic rings. The van der Waals surface area contributed by atoms with E-state index in [-0.39, 0.29) is 5.92 Å². The van der Waals surface area contributed by atoms with E-state index < -0.39 is 0 Å². The van der Waals surface area contributed by atoms with Crippen molar-refractivity contribution in [1.29, 1.82) is 0 Å². The fraction of sp³-hybridized carbons (Fsp3) is 0.188. The highest BCUT2D eigenvalue weighted by Gasteiger charge is 2.16. The smallest absolute Gasteiger partial charge is 0.225 e. The number of nitrogens with one attached hydrogen (secondary N) is 1. The van der Waals surface area contributed by atoms with Crippen LogP contribution in [-0.2, 0) is 0 Å². The number of aromatic nitrogens is 3. The molecule has 1 aromatic carbocycles. The maximum Gasteiger partial charge on any atom is 0.225 e. The average molecular weight is 280 g/mol. The van der Waals surface area contributed by atoms with Gasteiger partial charge in [-0.1, -0.05) is 30.3 Å². The third-order valence-electron chi connectivity index (χ3n) is 3.30. The van der Waals surface area contributed by atoms with Crippen molar-refractivity contribution in [3.05, 3.63) is 72.7 Å². The van der Waals surface area contributed by atoms with Crippen LogP contribution in [0.1, 0.15) is 23.7 Å². The van der Waals surface area contributed by atoms with Crippen LogP contribution in [0.15, 0.2) is 65.8 Å². The molecule has 2 aromatic heterocycles. The second-order valence-corrected chi connectivity index (χ2v) is 4.66. The highest BCUT2D eigenvalue weighted by Crippen LogP contribution is 2.28. The van der Waals surface area contributed by atoms with Gasteiger partial charge in [0.2, 0.25) is 5.95 Å². The zero-order chi connectivity index (χ0) is 14.3. The zero-order valence-corrected chi connectivity index (χ0v) is 11.5. The third kappa shape index (κ3) is 3.45. The standard InChI is InChI=1S/C16H16N4O/c1-2-5-13(6-3-1)14(15-7-4-10-21-15)8-9-18-16-19-11-17-12-20-16/h1-7,10-12,14H,8-9H2,(H,17,18,19,20). The lowest BCUT2D eigenvalue weighted by molar-refractivity contribution is 0.477. The fourth-order valence-electron chi connectivity index (χ4n) is 2.31. The van der Waals surface area contributed by atoms with Gasteiger partial charge in [0.15, 0.2) is 0 Å². The molecular formula is C16H16N4O. The molecule has 0 bridgehead atoms. The van der Waals surface area contributed by atoms with Crippen molar-refractivity contribution < 1.29 is 4.42 Å². The first kappa shape index (κ1) is 13.3. The lowest BCUT2D eigenvalue weighted by Crippen LogP contribution is -2.10. The largest absolute Gasteiger partial charge is 0.469 e. The predicted molar refractivity (Wildman–Crippen MR) is 79.9 cm³/mol. The summed E-state index contributed by atoms with van der Waals surface area (Å²) in [7, 11) is 0. The first-order chi connectivity index (χ1) is 10.4. The minimum atomic E-state index is 0.218. The van der Waals surface area contributed by atoms with Crippen LogP contribution in [0.25, 0.3) is 0 Å². The Morgan fingerprint density at radius 3 is 2.52 bits per heavy atom. The quantitative estimate of drug-likeness (QED) is 0.751. The molecule has 2 heterocycles. The van der Waals surface area contributed by atoms with Crippen LogP contribution in [-0.4, -0.2) is 21.5 Å². The lowest BCUT2D eigenvalue weighted by Gasteiger charge is -2.15. The summed E-state index contributed by atoms with van der Waals surface area (Å²) in [5.41, 5.74) is 1.24. The first-order valence-electron chi connectivity index (χ1n) is 6.88. The number of nitrogens with zero attached hydrogens (tertiary/aromatic N) is 3.